The number of hydrogen-bond acceptors (Lipinski definition) is 2. The van der Waals surface area contributed by atoms with Crippen LogP contribution in [0, 0.1) is 0 Å². The van der Waals surface area contributed by atoms with Gasteiger partial charge >= 0.3 is 0 Å². The summed E-state index contributed by atoms with van der Waals surface area (Å²) in [4.78, 5) is 9.95. The van der Waals surface area contributed by atoms with Crippen LogP contribution >= 0.6 is 23.2 Å². The van der Waals surface area contributed by atoms with Gasteiger partial charge < -0.3 is 5.32 Å². The summed E-state index contributed by atoms with van der Waals surface area (Å²) in [5.41, 5.74) is 1.20. The third-order valence-corrected chi connectivity index (χ3v) is 3.18. The van der Waals surface area contributed by atoms with Gasteiger partial charge in [-0.1, -0.05) is 41.4 Å². The molecule has 0 saturated carbocycles. The van der Waals surface area contributed by atoms with Crippen LogP contribution in [0.3, 0.4) is 0 Å². The van der Waals surface area contributed by atoms with Gasteiger partial charge in [0.2, 0.25) is 0 Å². The second kappa shape index (κ2) is 4.32. The van der Waals surface area contributed by atoms with E-state index >= 15 is 0 Å². The Hall–Kier alpha value is -1.25. The van der Waals surface area contributed by atoms with E-state index in [2.05, 4.69) is 5.32 Å². The van der Waals surface area contributed by atoms with E-state index in [-0.39, 0.29) is 0 Å². The SMILES string of the molecule is O=CC1=CC=CNC1(Cl)c1cccc(Cl)c1. The summed E-state index contributed by atoms with van der Waals surface area (Å²) in [5, 5.41) is 3.55. The van der Waals surface area contributed by atoms with E-state index in [1.807, 2.05) is 6.07 Å². The van der Waals surface area contributed by atoms with Crippen LogP contribution in [-0.4, -0.2) is 6.29 Å². The quantitative estimate of drug-likeness (QED) is 0.499. The number of carbonyl (C=O) groups is 1. The van der Waals surface area contributed by atoms with Crippen molar-refractivity contribution in [2.75, 3.05) is 0 Å². The van der Waals surface area contributed by atoms with Crippen molar-refractivity contribution in [3.63, 3.8) is 0 Å². The van der Waals surface area contributed by atoms with E-state index in [9.17, 15) is 4.79 Å². The second-order valence-corrected chi connectivity index (χ2v) is 4.42. The Morgan fingerprint density at radius 1 is 1.38 bits per heavy atom. The summed E-state index contributed by atoms with van der Waals surface area (Å²) in [6.45, 7) is 0. The number of dihydropyridines is 1. The minimum Gasteiger partial charge on any atom is -0.365 e. The molecule has 0 fully saturated rings. The first-order chi connectivity index (χ1) is 7.66. The van der Waals surface area contributed by atoms with Gasteiger partial charge in [-0.25, -0.2) is 0 Å². The molecule has 1 aromatic rings. The molecule has 1 aliphatic rings. The molecule has 0 bridgehead atoms. The van der Waals surface area contributed by atoms with Gasteiger partial charge in [0.05, 0.1) is 0 Å². The number of benzene rings is 1. The number of rotatable bonds is 2. The van der Waals surface area contributed by atoms with Gasteiger partial charge in [-0.05, 0) is 30.0 Å². The van der Waals surface area contributed by atoms with Crippen molar-refractivity contribution < 1.29 is 4.79 Å². The number of allylic oxidation sites excluding steroid dienone is 2. The Morgan fingerprint density at radius 3 is 2.88 bits per heavy atom. The summed E-state index contributed by atoms with van der Waals surface area (Å²) in [5.74, 6) is 0. The fourth-order valence-corrected chi connectivity index (χ4v) is 2.06. The van der Waals surface area contributed by atoms with Crippen LogP contribution in [-0.2, 0) is 9.79 Å². The molecule has 1 unspecified atom stereocenters. The largest absolute Gasteiger partial charge is 0.365 e. The van der Waals surface area contributed by atoms with Crippen LogP contribution in [0.1, 0.15) is 5.56 Å². The first-order valence-electron chi connectivity index (χ1n) is 4.72. The lowest BCUT2D eigenvalue weighted by Crippen LogP contribution is -2.37. The van der Waals surface area contributed by atoms with Crippen molar-refractivity contribution in [2.45, 2.75) is 5.00 Å². The van der Waals surface area contributed by atoms with Crippen molar-refractivity contribution in [3.8, 4) is 0 Å². The van der Waals surface area contributed by atoms with Gasteiger partial charge in [0.1, 0.15) is 6.29 Å². The Kier molecular flexibility index (Phi) is 3.03. The van der Waals surface area contributed by atoms with Gasteiger partial charge in [-0.15, -0.1) is 0 Å². The fourth-order valence-electron chi connectivity index (χ4n) is 1.59. The molecule has 1 aromatic carbocycles. The van der Waals surface area contributed by atoms with Crippen molar-refractivity contribution in [2.24, 2.45) is 0 Å². The summed E-state index contributed by atoms with van der Waals surface area (Å²) in [6, 6.07) is 7.11. The predicted octanol–water partition coefficient (Wildman–Crippen LogP) is 2.97. The van der Waals surface area contributed by atoms with Crippen LogP contribution in [0.15, 0.2) is 48.2 Å². The topological polar surface area (TPSA) is 29.1 Å². The molecule has 0 aliphatic carbocycles. The van der Waals surface area contributed by atoms with E-state index < -0.39 is 5.00 Å². The van der Waals surface area contributed by atoms with E-state index in [1.165, 1.54) is 0 Å². The zero-order valence-corrected chi connectivity index (χ0v) is 9.79. The zero-order chi connectivity index (χ0) is 11.6. The van der Waals surface area contributed by atoms with E-state index in [4.69, 9.17) is 23.2 Å². The second-order valence-electron chi connectivity index (χ2n) is 3.41. The molecule has 0 saturated heterocycles. The third-order valence-electron chi connectivity index (χ3n) is 2.40. The molecule has 1 atom stereocenters. The Bertz CT molecular complexity index is 482. The molecular formula is C12H9Cl2NO. The number of carbonyl (C=O) groups excluding carboxylic acids is 1. The molecule has 0 radical (unpaired) electrons. The van der Waals surface area contributed by atoms with Gasteiger partial charge in [-0.2, -0.15) is 0 Å². The number of alkyl halides is 1. The summed E-state index contributed by atoms with van der Waals surface area (Å²) in [6.07, 6.45) is 5.84. The molecule has 0 spiro atoms. The van der Waals surface area contributed by atoms with Gasteiger partial charge in [0.25, 0.3) is 0 Å². The van der Waals surface area contributed by atoms with Crippen molar-refractivity contribution in [1.82, 2.24) is 5.32 Å². The van der Waals surface area contributed by atoms with Crippen LogP contribution in [0.5, 0.6) is 0 Å². The van der Waals surface area contributed by atoms with Crippen molar-refractivity contribution in [3.05, 3.63) is 58.8 Å². The molecule has 1 aliphatic heterocycles. The molecule has 0 aromatic heterocycles. The van der Waals surface area contributed by atoms with E-state index in [1.54, 1.807) is 36.6 Å². The number of halogens is 2. The predicted molar refractivity (Wildman–Crippen MR) is 65.4 cm³/mol. The van der Waals surface area contributed by atoms with Crippen molar-refractivity contribution in [1.29, 1.82) is 0 Å². The molecule has 16 heavy (non-hydrogen) atoms. The van der Waals surface area contributed by atoms with E-state index in [0.29, 0.717) is 10.6 Å². The summed E-state index contributed by atoms with van der Waals surface area (Å²) in [7, 11) is 0. The third kappa shape index (κ3) is 1.86. The zero-order valence-electron chi connectivity index (χ0n) is 8.28. The molecule has 1 N–H and O–H groups in total. The Morgan fingerprint density at radius 2 is 2.19 bits per heavy atom. The molecule has 4 heteroatoms. The monoisotopic (exact) mass is 253 g/mol. The lowest BCUT2D eigenvalue weighted by molar-refractivity contribution is -0.105. The Balaban J connectivity index is 2.50. The van der Waals surface area contributed by atoms with Crippen LogP contribution < -0.4 is 5.32 Å². The maximum atomic E-state index is 11.0. The molecule has 82 valence electrons. The minimum absolute atomic E-state index is 0.457. The van der Waals surface area contributed by atoms with Crippen LogP contribution in [0.25, 0.3) is 0 Å². The normalized spacial score (nSPS) is 23.5. The first-order valence-corrected chi connectivity index (χ1v) is 5.47. The lowest BCUT2D eigenvalue weighted by Gasteiger charge is -2.30. The maximum Gasteiger partial charge on any atom is 0.167 e. The Labute approximate surface area is 104 Å². The van der Waals surface area contributed by atoms with Gasteiger partial charge in [-0.3, -0.25) is 4.79 Å². The lowest BCUT2D eigenvalue weighted by atomic mass is 9.97. The number of aldehydes is 1. The molecule has 0 amide bonds. The fraction of sp³-hybridized carbons (Fsp3) is 0.0833. The summed E-state index contributed by atoms with van der Waals surface area (Å²) >= 11 is 12.3. The maximum absolute atomic E-state index is 11.0. The van der Waals surface area contributed by atoms with Crippen LogP contribution in [0.2, 0.25) is 5.02 Å². The van der Waals surface area contributed by atoms with Crippen molar-refractivity contribution >= 4 is 29.5 Å². The average molecular weight is 254 g/mol. The highest BCUT2D eigenvalue weighted by atomic mass is 35.5. The standard InChI is InChI=1S/C12H9Cl2NO/c13-11-5-1-3-9(7-11)12(14)10(8-16)4-2-6-15-12/h1-8,15H. The van der Waals surface area contributed by atoms with E-state index in [0.717, 1.165) is 11.8 Å². The van der Waals surface area contributed by atoms with Crippen LogP contribution in [0.4, 0.5) is 0 Å². The van der Waals surface area contributed by atoms with Gasteiger partial charge in [0.15, 0.2) is 5.00 Å². The smallest absolute Gasteiger partial charge is 0.167 e. The minimum atomic E-state index is -1.03. The highest BCUT2D eigenvalue weighted by Gasteiger charge is 2.34. The van der Waals surface area contributed by atoms with Gasteiger partial charge in [0, 0.05) is 10.6 Å². The number of nitrogens with one attached hydrogen (secondary N) is 1. The first kappa shape index (κ1) is 11.2. The molecular weight excluding hydrogens is 245 g/mol. The highest BCUT2D eigenvalue weighted by Crippen LogP contribution is 2.35. The number of hydrogen-bond donors (Lipinski definition) is 1. The molecule has 2 nitrogen and oxygen atoms in total. The molecule has 2 rings (SSSR count). The average Bonchev–Trinajstić information content (AvgIpc) is 2.30. The highest BCUT2D eigenvalue weighted by molar-refractivity contribution is 6.31. The molecule has 1 heterocycles. The summed E-state index contributed by atoms with van der Waals surface area (Å²) < 4.78 is 0.